The first-order valence-corrected chi connectivity index (χ1v) is 16.2. The Morgan fingerprint density at radius 2 is 1.09 bits per heavy atom. The van der Waals surface area contributed by atoms with Crippen LogP contribution in [0.3, 0.4) is 0 Å². The summed E-state index contributed by atoms with van der Waals surface area (Å²) >= 11 is 0. The van der Waals surface area contributed by atoms with Gasteiger partial charge in [-0.1, -0.05) is 24.3 Å². The number of ether oxygens (including phenoxy) is 6. The number of esters is 4. The molecule has 4 atom stereocenters. The van der Waals surface area contributed by atoms with Gasteiger partial charge in [-0.2, -0.15) is 0 Å². The van der Waals surface area contributed by atoms with Crippen molar-refractivity contribution in [2.75, 3.05) is 27.4 Å². The second kappa shape index (κ2) is 18.2. The van der Waals surface area contributed by atoms with Crippen LogP contribution >= 0.6 is 0 Å². The average Bonchev–Trinajstić information content (AvgIpc) is 3.81. The van der Waals surface area contributed by atoms with Crippen LogP contribution in [0.5, 0.6) is 23.0 Å². The second-order valence-corrected chi connectivity index (χ2v) is 11.5. The van der Waals surface area contributed by atoms with Crippen molar-refractivity contribution in [3.05, 3.63) is 79.9 Å². The molecule has 18 heteroatoms. The van der Waals surface area contributed by atoms with E-state index in [1.807, 2.05) is 26.0 Å². The standard InChI is InChI=1S/C35H36N4O14/c1-5-8-20-12-24(36-18-20)34(42)52-32(40)22-14-28(48-3)30(16-26(22)38(44)45)50-10-7-11-51-31-17-27(39(46)47)23(15-29(31)49-4)33(41)53-35(43)25-13-21(9-6-2)19-37-25/h5-6,8-9,14-21,24-25H,7,10-13H2,1-4H3. The third-order valence-corrected chi connectivity index (χ3v) is 7.92. The molecule has 4 unspecified atom stereocenters. The molecule has 0 aromatic heterocycles. The Labute approximate surface area is 302 Å². The van der Waals surface area contributed by atoms with Crippen molar-refractivity contribution >= 4 is 47.7 Å². The molecule has 4 rings (SSSR count). The van der Waals surface area contributed by atoms with Gasteiger partial charge < -0.3 is 28.4 Å². The molecule has 2 aromatic rings. The van der Waals surface area contributed by atoms with E-state index in [1.165, 1.54) is 14.2 Å². The van der Waals surface area contributed by atoms with E-state index in [0.717, 1.165) is 24.3 Å². The summed E-state index contributed by atoms with van der Waals surface area (Å²) in [4.78, 5) is 80.9. The number of hydrogen-bond donors (Lipinski definition) is 0. The second-order valence-electron chi connectivity index (χ2n) is 11.5. The monoisotopic (exact) mass is 736 g/mol. The predicted octanol–water partition coefficient (Wildman–Crippen LogP) is 4.81. The Balaban J connectivity index is 1.38. The van der Waals surface area contributed by atoms with Crippen LogP contribution in [0.1, 0.15) is 53.8 Å². The summed E-state index contributed by atoms with van der Waals surface area (Å²) < 4.78 is 31.6. The Morgan fingerprint density at radius 1 is 0.698 bits per heavy atom. The lowest BCUT2D eigenvalue weighted by atomic mass is 10.0. The minimum atomic E-state index is -1.26. The first-order chi connectivity index (χ1) is 25.4. The fraction of sp³-hybridized carbons (Fsp3) is 0.371. The normalized spacial score (nSPS) is 18.9. The lowest BCUT2D eigenvalue weighted by Gasteiger charge is -2.14. The first kappa shape index (κ1) is 39.3. The molecule has 0 aliphatic carbocycles. The fourth-order valence-corrected chi connectivity index (χ4v) is 5.38. The van der Waals surface area contributed by atoms with Gasteiger partial charge in [-0.15, -0.1) is 0 Å². The highest BCUT2D eigenvalue weighted by atomic mass is 16.6. The molecule has 0 spiro atoms. The van der Waals surface area contributed by atoms with E-state index >= 15 is 0 Å². The van der Waals surface area contributed by atoms with Crippen molar-refractivity contribution in [1.29, 1.82) is 0 Å². The molecule has 0 N–H and O–H groups in total. The number of nitro benzene ring substituents is 2. The quantitative estimate of drug-likeness (QED) is 0.0562. The van der Waals surface area contributed by atoms with Gasteiger partial charge in [0.25, 0.3) is 11.4 Å². The topological polar surface area (TPSA) is 235 Å². The number of allylic oxidation sites excluding steroid dienone is 4. The molecular weight excluding hydrogens is 700 g/mol. The first-order valence-electron chi connectivity index (χ1n) is 16.2. The molecule has 0 amide bonds. The highest BCUT2D eigenvalue weighted by Crippen LogP contribution is 2.37. The van der Waals surface area contributed by atoms with Gasteiger partial charge in [0.15, 0.2) is 23.0 Å². The fourth-order valence-electron chi connectivity index (χ4n) is 5.38. The van der Waals surface area contributed by atoms with Crippen molar-refractivity contribution in [2.45, 2.75) is 45.2 Å². The van der Waals surface area contributed by atoms with E-state index in [0.29, 0.717) is 12.8 Å². The van der Waals surface area contributed by atoms with Gasteiger partial charge in [0, 0.05) is 42.8 Å². The summed E-state index contributed by atoms with van der Waals surface area (Å²) in [6.45, 7) is 3.40. The lowest BCUT2D eigenvalue weighted by Crippen LogP contribution is -2.24. The largest absolute Gasteiger partial charge is 0.493 e. The van der Waals surface area contributed by atoms with Gasteiger partial charge in [0.2, 0.25) is 0 Å². The third-order valence-electron chi connectivity index (χ3n) is 7.92. The molecule has 2 heterocycles. The molecular formula is C35H36N4O14. The molecule has 53 heavy (non-hydrogen) atoms. The molecule has 280 valence electrons. The Hall–Kier alpha value is -6.46. The van der Waals surface area contributed by atoms with Crippen LogP contribution in [0.4, 0.5) is 11.4 Å². The number of methoxy groups -OCH3 is 2. The maximum absolute atomic E-state index is 12.8. The van der Waals surface area contributed by atoms with Crippen LogP contribution in [0.2, 0.25) is 0 Å². The van der Waals surface area contributed by atoms with E-state index in [2.05, 4.69) is 9.98 Å². The summed E-state index contributed by atoms with van der Waals surface area (Å²) in [5.74, 6) is -5.00. The zero-order chi connectivity index (χ0) is 38.7. The predicted molar refractivity (Wildman–Crippen MR) is 186 cm³/mol. The highest BCUT2D eigenvalue weighted by Gasteiger charge is 2.34. The van der Waals surface area contributed by atoms with Crippen LogP contribution in [0.25, 0.3) is 0 Å². The third kappa shape index (κ3) is 9.87. The lowest BCUT2D eigenvalue weighted by molar-refractivity contribution is -0.385. The van der Waals surface area contributed by atoms with Gasteiger partial charge in [-0.3, -0.25) is 30.2 Å². The van der Waals surface area contributed by atoms with E-state index in [9.17, 15) is 39.4 Å². The molecule has 2 aromatic carbocycles. The SMILES string of the molecule is CC=CC1C=NC(C(=O)OC(=O)c2cc(OC)c(OCCCOc3cc([N+](=O)[O-])c(C(=O)OC(=O)C4CC(C=CC)C=N4)cc3OC)cc2[N+](=O)[O-])C1. The Bertz CT molecular complexity index is 1750. The molecule has 2 aliphatic heterocycles. The van der Waals surface area contributed by atoms with Gasteiger partial charge >= 0.3 is 23.9 Å². The molecule has 2 aliphatic rings. The summed E-state index contributed by atoms with van der Waals surface area (Å²) in [6, 6.07) is 2.07. The number of aliphatic imine (C=N–C) groups is 2. The van der Waals surface area contributed by atoms with Crippen LogP contribution in [-0.4, -0.2) is 85.7 Å². The number of nitrogens with zero attached hydrogens (tertiary/aromatic N) is 4. The number of benzene rings is 2. The van der Waals surface area contributed by atoms with E-state index in [4.69, 9.17) is 28.4 Å². The molecule has 0 bridgehead atoms. The van der Waals surface area contributed by atoms with Crippen molar-refractivity contribution < 1.29 is 57.4 Å². The molecule has 18 nitrogen and oxygen atoms in total. The highest BCUT2D eigenvalue weighted by molar-refractivity contribution is 6.03. The number of carbonyl (C=O) groups excluding carboxylic acids is 4. The zero-order valence-corrected chi connectivity index (χ0v) is 29.1. The van der Waals surface area contributed by atoms with Crippen LogP contribution in [-0.2, 0) is 19.1 Å². The number of carbonyl (C=O) groups is 4. The smallest absolute Gasteiger partial charge is 0.353 e. The van der Waals surface area contributed by atoms with Crippen LogP contribution in [0, 0.1) is 32.1 Å². The summed E-state index contributed by atoms with van der Waals surface area (Å²) in [5, 5.41) is 23.7. The minimum absolute atomic E-state index is 0.0708. The van der Waals surface area contributed by atoms with Gasteiger partial charge in [0.05, 0.1) is 49.4 Å². The van der Waals surface area contributed by atoms with Gasteiger partial charge in [-0.25, -0.2) is 19.2 Å². The average molecular weight is 737 g/mol. The van der Waals surface area contributed by atoms with Crippen molar-refractivity contribution in [2.24, 2.45) is 21.8 Å². The zero-order valence-electron chi connectivity index (χ0n) is 29.1. The van der Waals surface area contributed by atoms with E-state index in [-0.39, 0.29) is 54.5 Å². The van der Waals surface area contributed by atoms with E-state index < -0.39 is 68.3 Å². The van der Waals surface area contributed by atoms with Gasteiger partial charge in [-0.05, 0) is 26.7 Å². The molecule has 0 saturated heterocycles. The molecule has 0 fully saturated rings. The van der Waals surface area contributed by atoms with Gasteiger partial charge in [0.1, 0.15) is 23.2 Å². The summed E-state index contributed by atoms with van der Waals surface area (Å²) in [7, 11) is 2.48. The number of nitro groups is 2. The Morgan fingerprint density at radius 3 is 1.43 bits per heavy atom. The van der Waals surface area contributed by atoms with Crippen molar-refractivity contribution in [3.63, 3.8) is 0 Å². The van der Waals surface area contributed by atoms with Crippen LogP contribution < -0.4 is 18.9 Å². The van der Waals surface area contributed by atoms with E-state index in [1.54, 1.807) is 24.6 Å². The summed E-state index contributed by atoms with van der Waals surface area (Å²) in [6.07, 6.45) is 11.1. The van der Waals surface area contributed by atoms with Crippen LogP contribution in [0.15, 0.2) is 58.6 Å². The molecule has 0 radical (unpaired) electrons. The maximum atomic E-state index is 12.8. The van der Waals surface area contributed by atoms with Crippen molar-refractivity contribution in [1.82, 2.24) is 0 Å². The number of hydrogen-bond acceptors (Lipinski definition) is 16. The number of rotatable bonds is 16. The summed E-state index contributed by atoms with van der Waals surface area (Å²) in [5.41, 5.74) is -2.50. The molecule has 0 saturated carbocycles. The Kier molecular flexibility index (Phi) is 13.5. The maximum Gasteiger partial charge on any atom is 0.353 e. The van der Waals surface area contributed by atoms with Crippen molar-refractivity contribution in [3.8, 4) is 23.0 Å². The minimum Gasteiger partial charge on any atom is -0.493 e.